The van der Waals surface area contributed by atoms with E-state index in [1.54, 1.807) is 0 Å². The number of ether oxygens (including phenoxy) is 2. The molecule has 0 bridgehead atoms. The van der Waals surface area contributed by atoms with Gasteiger partial charge in [-0.05, 0) is 55.2 Å². The molecule has 1 aromatic heterocycles. The first-order valence-electron chi connectivity index (χ1n) is 15.1. The number of nitrogens with one attached hydrogen (secondary N) is 3. The highest BCUT2D eigenvalue weighted by Crippen LogP contribution is 2.39. The molecule has 2 aliphatic heterocycles. The van der Waals surface area contributed by atoms with Crippen molar-refractivity contribution in [1.29, 1.82) is 0 Å². The minimum atomic E-state index is -0.567. The standard InChI is InChI=1S/C33H39N5O5/c1-2-34-32(40)35-25-13-11-24(12-14-25)31-42-27(19-30(43-31)23-9-7-22(21-39)8-10-23)20-37-17-15-26(16-18-37)38-29-6-4-3-5-28(29)36-33(38)41/h3-14,26-27,30-31,39H,2,15-21H2,1H3,(H,36,41)(H2,34,35,40)/t27-,30+,31+/m1/s1. The Labute approximate surface area is 250 Å². The summed E-state index contributed by atoms with van der Waals surface area (Å²) in [6.07, 6.45) is 1.67. The molecule has 4 aromatic rings. The Hall–Kier alpha value is -3.96. The third-order valence-electron chi connectivity index (χ3n) is 8.40. The van der Waals surface area contributed by atoms with Crippen LogP contribution >= 0.6 is 0 Å². The topological polar surface area (TPSA) is 121 Å². The summed E-state index contributed by atoms with van der Waals surface area (Å²) >= 11 is 0. The zero-order chi connectivity index (χ0) is 29.8. The van der Waals surface area contributed by atoms with Gasteiger partial charge in [-0.2, -0.15) is 0 Å². The maximum absolute atomic E-state index is 12.7. The summed E-state index contributed by atoms with van der Waals surface area (Å²) < 4.78 is 15.0. The Kier molecular flexibility index (Phi) is 8.90. The van der Waals surface area contributed by atoms with Crippen molar-refractivity contribution in [2.45, 2.75) is 57.3 Å². The van der Waals surface area contributed by atoms with Gasteiger partial charge in [-0.3, -0.25) is 4.57 Å². The molecule has 0 unspecified atom stereocenters. The summed E-state index contributed by atoms with van der Waals surface area (Å²) in [5.41, 5.74) is 5.26. The van der Waals surface area contributed by atoms with Gasteiger partial charge in [0.1, 0.15) is 0 Å². The van der Waals surface area contributed by atoms with E-state index >= 15 is 0 Å². The minimum absolute atomic E-state index is 0.00252. The number of aromatic nitrogens is 2. The van der Waals surface area contributed by atoms with E-state index in [0.29, 0.717) is 18.7 Å². The molecule has 4 N–H and O–H groups in total. The second-order valence-electron chi connectivity index (χ2n) is 11.3. The van der Waals surface area contributed by atoms with Crippen LogP contribution in [0.4, 0.5) is 10.5 Å². The first-order valence-corrected chi connectivity index (χ1v) is 15.1. The fourth-order valence-electron chi connectivity index (χ4n) is 6.18. The highest BCUT2D eigenvalue weighted by atomic mass is 16.7. The van der Waals surface area contributed by atoms with Gasteiger partial charge in [0.15, 0.2) is 6.29 Å². The summed E-state index contributed by atoms with van der Waals surface area (Å²) in [4.78, 5) is 30.1. The van der Waals surface area contributed by atoms with Crippen molar-refractivity contribution < 1.29 is 19.4 Å². The van der Waals surface area contributed by atoms with E-state index in [1.807, 2.05) is 84.3 Å². The molecule has 3 aromatic carbocycles. The predicted octanol–water partition coefficient (Wildman–Crippen LogP) is 4.85. The third kappa shape index (κ3) is 6.67. The number of imidazole rings is 1. The van der Waals surface area contributed by atoms with E-state index in [4.69, 9.17) is 9.47 Å². The Morgan fingerprint density at radius 2 is 1.70 bits per heavy atom. The summed E-state index contributed by atoms with van der Waals surface area (Å²) in [6, 6.07) is 23.2. The second-order valence-corrected chi connectivity index (χ2v) is 11.3. The van der Waals surface area contributed by atoms with Crippen LogP contribution in [-0.2, 0) is 16.1 Å². The molecule has 226 valence electrons. The molecule has 10 heteroatoms. The number of benzene rings is 3. The number of nitrogens with zero attached hydrogens (tertiary/aromatic N) is 2. The lowest BCUT2D eigenvalue weighted by Crippen LogP contribution is -2.43. The highest BCUT2D eigenvalue weighted by Gasteiger charge is 2.34. The fraction of sp³-hybridized carbons (Fsp3) is 0.394. The van der Waals surface area contributed by atoms with Gasteiger partial charge in [-0.1, -0.05) is 48.5 Å². The number of fused-ring (bicyclic) bond motifs is 1. The van der Waals surface area contributed by atoms with Gasteiger partial charge < -0.3 is 35.1 Å². The zero-order valence-corrected chi connectivity index (χ0v) is 24.4. The van der Waals surface area contributed by atoms with E-state index < -0.39 is 6.29 Å². The summed E-state index contributed by atoms with van der Waals surface area (Å²) in [5, 5.41) is 15.1. The summed E-state index contributed by atoms with van der Waals surface area (Å²) in [7, 11) is 0. The minimum Gasteiger partial charge on any atom is -0.392 e. The Morgan fingerprint density at radius 1 is 0.977 bits per heavy atom. The number of aliphatic hydroxyl groups excluding tert-OH is 1. The van der Waals surface area contributed by atoms with Gasteiger partial charge in [-0.25, -0.2) is 9.59 Å². The number of likely N-dealkylation sites (tertiary alicyclic amines) is 1. The number of hydrogen-bond donors (Lipinski definition) is 4. The van der Waals surface area contributed by atoms with Crippen LogP contribution in [0, 0.1) is 0 Å². The molecule has 0 aliphatic carbocycles. The predicted molar refractivity (Wildman–Crippen MR) is 165 cm³/mol. The number of rotatable bonds is 8. The number of piperidine rings is 1. The molecule has 3 atom stereocenters. The molecule has 2 aliphatic rings. The van der Waals surface area contributed by atoms with E-state index in [0.717, 1.165) is 60.2 Å². The Balaban J connectivity index is 1.15. The van der Waals surface area contributed by atoms with Crippen LogP contribution in [-0.4, -0.2) is 57.9 Å². The molecule has 0 spiro atoms. The fourth-order valence-corrected chi connectivity index (χ4v) is 6.18. The van der Waals surface area contributed by atoms with Crippen molar-refractivity contribution in [1.82, 2.24) is 19.8 Å². The van der Waals surface area contributed by atoms with Crippen molar-refractivity contribution >= 4 is 22.8 Å². The van der Waals surface area contributed by atoms with Crippen molar-refractivity contribution in [3.8, 4) is 0 Å². The number of carbonyl (C=O) groups excluding carboxylic acids is 1. The van der Waals surface area contributed by atoms with Gasteiger partial charge in [0.05, 0.1) is 29.8 Å². The van der Waals surface area contributed by atoms with Crippen LogP contribution in [0.2, 0.25) is 0 Å². The molecule has 3 heterocycles. The Morgan fingerprint density at radius 3 is 2.42 bits per heavy atom. The van der Waals surface area contributed by atoms with Gasteiger partial charge in [0, 0.05) is 49.9 Å². The lowest BCUT2D eigenvalue weighted by molar-refractivity contribution is -0.253. The molecule has 0 radical (unpaired) electrons. The smallest absolute Gasteiger partial charge is 0.326 e. The van der Waals surface area contributed by atoms with Crippen molar-refractivity contribution in [2.24, 2.45) is 0 Å². The van der Waals surface area contributed by atoms with E-state index in [1.165, 1.54) is 0 Å². The number of carbonyl (C=O) groups is 1. The second kappa shape index (κ2) is 13.1. The monoisotopic (exact) mass is 585 g/mol. The number of aliphatic hydroxyl groups is 1. The number of aromatic amines is 1. The molecule has 10 nitrogen and oxygen atoms in total. The van der Waals surface area contributed by atoms with Crippen LogP contribution in [0.3, 0.4) is 0 Å². The lowest BCUT2D eigenvalue weighted by Gasteiger charge is -2.40. The summed E-state index contributed by atoms with van der Waals surface area (Å²) in [5.74, 6) is 0. The lowest BCUT2D eigenvalue weighted by atomic mass is 9.98. The van der Waals surface area contributed by atoms with Gasteiger partial charge >= 0.3 is 11.7 Å². The zero-order valence-electron chi connectivity index (χ0n) is 24.4. The SMILES string of the molecule is CCNC(=O)Nc1ccc([C@H]2O[C@@H](CN3CCC(n4c(=O)[nH]c5ccccc54)CC3)C[C@@H](c3ccc(CO)cc3)O2)cc1. The number of para-hydroxylation sites is 2. The molecule has 6 rings (SSSR count). The average molecular weight is 586 g/mol. The molecule has 43 heavy (non-hydrogen) atoms. The van der Waals surface area contributed by atoms with Crippen LogP contribution in [0.1, 0.15) is 61.3 Å². The molecular weight excluding hydrogens is 546 g/mol. The van der Waals surface area contributed by atoms with Crippen molar-refractivity contribution in [3.05, 3.63) is 100.0 Å². The summed E-state index contributed by atoms with van der Waals surface area (Å²) in [6.45, 7) is 4.93. The number of H-pyrrole nitrogens is 1. The van der Waals surface area contributed by atoms with Crippen LogP contribution in [0.5, 0.6) is 0 Å². The van der Waals surface area contributed by atoms with Crippen molar-refractivity contribution in [3.63, 3.8) is 0 Å². The van der Waals surface area contributed by atoms with E-state index in [-0.39, 0.29) is 36.6 Å². The first kappa shape index (κ1) is 29.1. The van der Waals surface area contributed by atoms with Gasteiger partial charge in [0.2, 0.25) is 0 Å². The number of urea groups is 1. The maximum Gasteiger partial charge on any atom is 0.326 e. The Bertz CT molecular complexity index is 1570. The van der Waals surface area contributed by atoms with Crippen LogP contribution < -0.4 is 16.3 Å². The van der Waals surface area contributed by atoms with Gasteiger partial charge in [-0.15, -0.1) is 0 Å². The molecule has 0 saturated carbocycles. The average Bonchev–Trinajstić information content (AvgIpc) is 3.37. The van der Waals surface area contributed by atoms with E-state index in [9.17, 15) is 14.7 Å². The number of amides is 2. The van der Waals surface area contributed by atoms with Crippen LogP contribution in [0.15, 0.2) is 77.6 Å². The number of anilines is 1. The largest absolute Gasteiger partial charge is 0.392 e. The number of hydrogen-bond acceptors (Lipinski definition) is 6. The van der Waals surface area contributed by atoms with E-state index in [2.05, 4.69) is 20.5 Å². The first-order chi connectivity index (χ1) is 21.0. The highest BCUT2D eigenvalue weighted by molar-refractivity contribution is 5.89. The quantitative estimate of drug-likeness (QED) is 0.235. The maximum atomic E-state index is 12.7. The van der Waals surface area contributed by atoms with Crippen molar-refractivity contribution in [2.75, 3.05) is 31.5 Å². The molecular formula is C33H39N5O5. The third-order valence-corrected chi connectivity index (χ3v) is 8.40. The van der Waals surface area contributed by atoms with Crippen LogP contribution in [0.25, 0.3) is 11.0 Å². The molecule has 2 saturated heterocycles. The molecule has 2 amide bonds. The van der Waals surface area contributed by atoms with Gasteiger partial charge in [0.25, 0.3) is 0 Å². The normalized spacial score (nSPS) is 21.6. The molecule has 2 fully saturated rings.